The zero-order valence-electron chi connectivity index (χ0n) is 14.1. The van der Waals surface area contributed by atoms with Gasteiger partial charge in [0.05, 0.1) is 6.04 Å². The maximum absolute atomic E-state index is 11.9. The van der Waals surface area contributed by atoms with E-state index in [1.54, 1.807) is 0 Å². The van der Waals surface area contributed by atoms with Gasteiger partial charge in [-0.3, -0.25) is 14.4 Å². The average molecular weight is 331 g/mol. The summed E-state index contributed by atoms with van der Waals surface area (Å²) in [6.45, 7) is 1.12. The van der Waals surface area contributed by atoms with Gasteiger partial charge in [0.1, 0.15) is 0 Å². The number of ketones is 1. The van der Waals surface area contributed by atoms with E-state index in [0.29, 0.717) is 18.8 Å². The van der Waals surface area contributed by atoms with Gasteiger partial charge >= 0.3 is 5.97 Å². The third-order valence-corrected chi connectivity index (χ3v) is 4.40. The molecule has 1 aliphatic rings. The highest BCUT2D eigenvalue weighted by atomic mass is 16.5. The van der Waals surface area contributed by atoms with Crippen LogP contribution < -0.4 is 5.32 Å². The first kappa shape index (κ1) is 18.2. The molecule has 2 rings (SSSR count). The van der Waals surface area contributed by atoms with E-state index in [9.17, 15) is 14.4 Å². The van der Waals surface area contributed by atoms with Crippen molar-refractivity contribution < 1.29 is 19.1 Å². The lowest BCUT2D eigenvalue weighted by Crippen LogP contribution is -2.43. The Morgan fingerprint density at radius 1 is 1.17 bits per heavy atom. The Morgan fingerprint density at radius 2 is 1.83 bits per heavy atom. The highest BCUT2D eigenvalue weighted by Crippen LogP contribution is 2.27. The van der Waals surface area contributed by atoms with Gasteiger partial charge in [0.25, 0.3) is 5.91 Å². The van der Waals surface area contributed by atoms with Crippen molar-refractivity contribution in [2.45, 2.75) is 51.5 Å². The van der Waals surface area contributed by atoms with Crippen molar-refractivity contribution in [1.82, 2.24) is 5.32 Å². The lowest BCUT2D eigenvalue weighted by atomic mass is 10.0. The summed E-state index contributed by atoms with van der Waals surface area (Å²) in [4.78, 5) is 35.4. The average Bonchev–Trinajstić information content (AvgIpc) is 3.06. The molecule has 0 radical (unpaired) electrons. The molecule has 5 nitrogen and oxygen atoms in total. The smallest absolute Gasteiger partial charge is 0.306 e. The molecule has 0 saturated heterocycles. The Hall–Kier alpha value is -2.17. The number of ether oxygens (including phenoxy) is 1. The molecule has 5 heteroatoms. The molecule has 1 fully saturated rings. The van der Waals surface area contributed by atoms with Crippen LogP contribution >= 0.6 is 0 Å². The van der Waals surface area contributed by atoms with Crippen LogP contribution in [0.4, 0.5) is 0 Å². The van der Waals surface area contributed by atoms with Crippen LogP contribution in [0, 0.1) is 5.92 Å². The number of carbonyl (C=O) groups is 3. The zero-order valence-corrected chi connectivity index (χ0v) is 14.1. The predicted molar refractivity (Wildman–Crippen MR) is 90.3 cm³/mol. The first-order valence-corrected chi connectivity index (χ1v) is 8.54. The Balaban J connectivity index is 1.75. The first-order chi connectivity index (χ1) is 11.5. The number of carbonyl (C=O) groups excluding carboxylic acids is 3. The highest BCUT2D eigenvalue weighted by Gasteiger charge is 2.21. The topological polar surface area (TPSA) is 72.5 Å². The number of esters is 1. The summed E-state index contributed by atoms with van der Waals surface area (Å²) in [7, 11) is 0. The number of nitrogens with one attached hydrogen (secondary N) is 1. The molecular formula is C19H25NO4. The van der Waals surface area contributed by atoms with Gasteiger partial charge in [0.2, 0.25) is 0 Å². The molecule has 130 valence electrons. The lowest BCUT2D eigenvalue weighted by Gasteiger charge is -2.16. The van der Waals surface area contributed by atoms with Crippen molar-refractivity contribution >= 4 is 17.7 Å². The minimum absolute atomic E-state index is 0.121. The molecule has 1 N–H and O–H groups in total. The monoisotopic (exact) mass is 331 g/mol. The quantitative estimate of drug-likeness (QED) is 0.743. The molecule has 1 atom stereocenters. The van der Waals surface area contributed by atoms with Crippen molar-refractivity contribution in [3.05, 3.63) is 35.9 Å². The maximum Gasteiger partial charge on any atom is 0.306 e. The number of benzene rings is 1. The van der Waals surface area contributed by atoms with Crippen molar-refractivity contribution in [3.8, 4) is 0 Å². The third kappa shape index (κ3) is 6.14. The molecule has 1 aromatic carbocycles. The second-order valence-electron chi connectivity index (χ2n) is 6.44. The second kappa shape index (κ2) is 9.21. The summed E-state index contributed by atoms with van der Waals surface area (Å²) < 4.78 is 5.03. The summed E-state index contributed by atoms with van der Waals surface area (Å²) in [6, 6.07) is 8.88. The van der Waals surface area contributed by atoms with Crippen molar-refractivity contribution in [1.29, 1.82) is 0 Å². The molecule has 1 aliphatic carbocycles. The molecule has 24 heavy (non-hydrogen) atoms. The molecule has 0 unspecified atom stereocenters. The van der Waals surface area contributed by atoms with Crippen LogP contribution in [0.2, 0.25) is 0 Å². The normalized spacial score (nSPS) is 15.7. The van der Waals surface area contributed by atoms with E-state index in [0.717, 1.165) is 31.2 Å². The van der Waals surface area contributed by atoms with Gasteiger partial charge in [0.15, 0.2) is 12.4 Å². The number of hydrogen-bond acceptors (Lipinski definition) is 4. The van der Waals surface area contributed by atoms with Crippen LogP contribution in [0.1, 0.15) is 44.6 Å². The van der Waals surface area contributed by atoms with Crippen LogP contribution in [0.15, 0.2) is 30.3 Å². The van der Waals surface area contributed by atoms with E-state index >= 15 is 0 Å². The van der Waals surface area contributed by atoms with Crippen molar-refractivity contribution in [2.24, 2.45) is 5.92 Å². The number of amides is 1. The number of Topliss-reactive ketones (excluding diaryl/α,β-unsaturated/α-hetero) is 1. The summed E-state index contributed by atoms with van der Waals surface area (Å²) >= 11 is 0. The maximum atomic E-state index is 11.9. The van der Waals surface area contributed by atoms with Crippen LogP contribution in [0.25, 0.3) is 0 Å². The fourth-order valence-corrected chi connectivity index (χ4v) is 3.04. The van der Waals surface area contributed by atoms with Gasteiger partial charge in [-0.1, -0.05) is 43.2 Å². The van der Waals surface area contributed by atoms with Crippen LogP contribution in [0.3, 0.4) is 0 Å². The first-order valence-electron chi connectivity index (χ1n) is 8.54. The predicted octanol–water partition coefficient (Wildman–Crippen LogP) is 2.43. The molecule has 1 aromatic rings. The van der Waals surface area contributed by atoms with E-state index in [-0.39, 0.29) is 18.4 Å². The van der Waals surface area contributed by atoms with Crippen LogP contribution in [0.5, 0.6) is 0 Å². The molecule has 0 heterocycles. The van der Waals surface area contributed by atoms with Crippen molar-refractivity contribution in [3.63, 3.8) is 0 Å². The molecule has 0 aromatic heterocycles. The van der Waals surface area contributed by atoms with E-state index in [1.165, 1.54) is 6.92 Å². The Labute approximate surface area is 142 Å². The third-order valence-electron chi connectivity index (χ3n) is 4.40. The largest absolute Gasteiger partial charge is 0.456 e. The van der Waals surface area contributed by atoms with Gasteiger partial charge < -0.3 is 10.1 Å². The summed E-state index contributed by atoms with van der Waals surface area (Å²) in [6.07, 6.45) is 5.26. The van der Waals surface area contributed by atoms with Gasteiger partial charge in [-0.15, -0.1) is 0 Å². The molecule has 1 saturated carbocycles. The molecular weight excluding hydrogens is 306 g/mol. The second-order valence-corrected chi connectivity index (χ2v) is 6.44. The molecule has 1 amide bonds. The highest BCUT2D eigenvalue weighted by molar-refractivity contribution is 5.88. The summed E-state index contributed by atoms with van der Waals surface area (Å²) in [5, 5.41) is 2.65. The Morgan fingerprint density at radius 3 is 2.46 bits per heavy atom. The summed E-state index contributed by atoms with van der Waals surface area (Å²) in [5.74, 6) is -0.501. The minimum atomic E-state index is -0.603. The van der Waals surface area contributed by atoms with Gasteiger partial charge in [-0.05, 0) is 37.7 Å². The minimum Gasteiger partial charge on any atom is -0.456 e. The van der Waals surface area contributed by atoms with E-state index in [1.807, 2.05) is 30.3 Å². The Bertz CT molecular complexity index is 564. The van der Waals surface area contributed by atoms with E-state index in [2.05, 4.69) is 5.32 Å². The fraction of sp³-hybridized carbons (Fsp3) is 0.526. The van der Waals surface area contributed by atoms with Crippen LogP contribution in [-0.4, -0.2) is 30.3 Å². The molecule has 0 aliphatic heterocycles. The molecule has 0 spiro atoms. The van der Waals surface area contributed by atoms with E-state index in [4.69, 9.17) is 4.74 Å². The molecule has 0 bridgehead atoms. The zero-order chi connectivity index (χ0) is 17.4. The SMILES string of the molecule is CC(=O)[C@H](Cc1ccccc1)NC(=O)COC(=O)CC1CCCC1. The lowest BCUT2D eigenvalue weighted by molar-refractivity contribution is -0.149. The summed E-state index contributed by atoms with van der Waals surface area (Å²) in [5.41, 5.74) is 0.969. The van der Waals surface area contributed by atoms with Crippen molar-refractivity contribution in [2.75, 3.05) is 6.61 Å². The van der Waals surface area contributed by atoms with Gasteiger partial charge in [-0.2, -0.15) is 0 Å². The standard InChI is InChI=1S/C19H25NO4/c1-14(21)17(11-15-7-3-2-4-8-15)20-18(22)13-24-19(23)12-16-9-5-6-10-16/h2-4,7-8,16-17H,5-6,9-13H2,1H3,(H,20,22)/t17-/m0/s1. The number of hydrogen-bond donors (Lipinski definition) is 1. The van der Waals surface area contributed by atoms with Crippen LogP contribution in [-0.2, 0) is 25.5 Å². The van der Waals surface area contributed by atoms with E-state index < -0.39 is 11.9 Å². The Kier molecular flexibility index (Phi) is 6.97. The van der Waals surface area contributed by atoms with Gasteiger partial charge in [0, 0.05) is 6.42 Å². The fourth-order valence-electron chi connectivity index (χ4n) is 3.04. The number of rotatable bonds is 8. The van der Waals surface area contributed by atoms with Gasteiger partial charge in [-0.25, -0.2) is 0 Å².